The summed E-state index contributed by atoms with van der Waals surface area (Å²) in [6, 6.07) is 12.9. The highest BCUT2D eigenvalue weighted by Gasteiger charge is 2.27. The third kappa shape index (κ3) is 4.03. The molecule has 3 rings (SSSR count). The summed E-state index contributed by atoms with van der Waals surface area (Å²) in [5.41, 5.74) is 2.29. The molecule has 0 fully saturated rings. The molecule has 2 amide bonds. The number of rotatable bonds is 6. The Hall–Kier alpha value is -3.06. The molecule has 1 aliphatic rings. The quantitative estimate of drug-likeness (QED) is 0.845. The van der Waals surface area contributed by atoms with Crippen LogP contribution in [0.3, 0.4) is 0 Å². The summed E-state index contributed by atoms with van der Waals surface area (Å²) in [7, 11) is 5.04. The highest BCUT2D eigenvalue weighted by atomic mass is 16.5. The van der Waals surface area contributed by atoms with Crippen molar-refractivity contribution in [2.45, 2.75) is 6.54 Å². The molecule has 7 nitrogen and oxygen atoms in total. The molecule has 7 heteroatoms. The van der Waals surface area contributed by atoms with Crippen molar-refractivity contribution in [2.75, 3.05) is 44.6 Å². The Morgan fingerprint density at radius 1 is 1.15 bits per heavy atom. The van der Waals surface area contributed by atoms with E-state index in [-0.39, 0.29) is 24.9 Å². The Kier molecular flexibility index (Phi) is 5.61. The zero-order chi connectivity index (χ0) is 19.4. The summed E-state index contributed by atoms with van der Waals surface area (Å²) >= 11 is 0. The first-order valence-electron chi connectivity index (χ1n) is 8.61. The van der Waals surface area contributed by atoms with Crippen LogP contribution in [0.5, 0.6) is 11.5 Å². The number of carbonyl (C=O) groups excluding carboxylic acids is 2. The molecule has 0 bridgehead atoms. The number of amides is 2. The summed E-state index contributed by atoms with van der Waals surface area (Å²) in [4.78, 5) is 28.2. The lowest BCUT2D eigenvalue weighted by Gasteiger charge is -2.30. The number of para-hydroxylation sites is 3. The van der Waals surface area contributed by atoms with E-state index in [0.717, 1.165) is 11.3 Å². The molecule has 2 aromatic carbocycles. The second-order valence-electron chi connectivity index (χ2n) is 6.37. The molecule has 0 saturated carbocycles. The van der Waals surface area contributed by atoms with Crippen LogP contribution < -0.4 is 19.7 Å². The number of benzene rings is 2. The fourth-order valence-corrected chi connectivity index (χ4v) is 3.20. The largest absolute Gasteiger partial charge is 0.493 e. The Labute approximate surface area is 158 Å². The Morgan fingerprint density at radius 2 is 1.93 bits per heavy atom. The minimum absolute atomic E-state index is 0.0200. The van der Waals surface area contributed by atoms with Gasteiger partial charge >= 0.3 is 0 Å². The van der Waals surface area contributed by atoms with E-state index >= 15 is 0 Å². The maximum absolute atomic E-state index is 12.8. The Balaban J connectivity index is 1.73. The normalized spacial score (nSPS) is 13.2. The molecular formula is C20H23N3O4. The Bertz CT molecular complexity index is 853. The van der Waals surface area contributed by atoms with E-state index in [2.05, 4.69) is 5.32 Å². The van der Waals surface area contributed by atoms with Crippen LogP contribution in [0.25, 0.3) is 0 Å². The van der Waals surface area contributed by atoms with Crippen LogP contribution in [0, 0.1) is 0 Å². The van der Waals surface area contributed by atoms with E-state index < -0.39 is 0 Å². The van der Waals surface area contributed by atoms with Crippen LogP contribution in [0.1, 0.15) is 5.56 Å². The van der Waals surface area contributed by atoms with Crippen LogP contribution >= 0.6 is 0 Å². The van der Waals surface area contributed by atoms with Gasteiger partial charge in [0.1, 0.15) is 6.54 Å². The van der Waals surface area contributed by atoms with Crippen LogP contribution in [0.15, 0.2) is 42.5 Å². The standard InChI is InChI=1S/C20H23N3O4/c1-22(11-14-7-6-10-17(26-2)20(14)27-3)13-19(25)23-12-18(24)21-15-8-4-5-9-16(15)23/h4-10H,11-13H2,1-3H3,(H,21,24). The molecule has 2 aromatic rings. The van der Waals surface area contributed by atoms with Gasteiger partial charge in [-0.2, -0.15) is 0 Å². The topological polar surface area (TPSA) is 71.1 Å². The first kappa shape index (κ1) is 18.7. The second-order valence-corrected chi connectivity index (χ2v) is 6.37. The molecule has 1 heterocycles. The van der Waals surface area contributed by atoms with Gasteiger partial charge in [0.2, 0.25) is 11.8 Å². The van der Waals surface area contributed by atoms with Gasteiger partial charge in [0.15, 0.2) is 11.5 Å². The number of methoxy groups -OCH3 is 2. The number of hydrogen-bond acceptors (Lipinski definition) is 5. The first-order valence-corrected chi connectivity index (χ1v) is 8.61. The lowest BCUT2D eigenvalue weighted by atomic mass is 10.1. The van der Waals surface area contributed by atoms with Crippen LogP contribution in [-0.4, -0.2) is 51.1 Å². The van der Waals surface area contributed by atoms with E-state index in [0.29, 0.717) is 23.7 Å². The molecule has 0 radical (unpaired) electrons. The molecule has 27 heavy (non-hydrogen) atoms. The van der Waals surface area contributed by atoms with Gasteiger partial charge in [-0.15, -0.1) is 0 Å². The van der Waals surface area contributed by atoms with Crippen molar-refractivity contribution in [3.8, 4) is 11.5 Å². The predicted octanol–water partition coefficient (Wildman–Crippen LogP) is 2.12. The van der Waals surface area contributed by atoms with Crippen molar-refractivity contribution >= 4 is 23.2 Å². The highest BCUT2D eigenvalue weighted by Crippen LogP contribution is 2.32. The third-order valence-corrected chi connectivity index (χ3v) is 4.40. The molecule has 142 valence electrons. The van der Waals surface area contributed by atoms with Crippen LogP contribution in [0.2, 0.25) is 0 Å². The van der Waals surface area contributed by atoms with Crippen molar-refractivity contribution < 1.29 is 19.1 Å². The molecule has 0 unspecified atom stereocenters. The van der Waals surface area contributed by atoms with Gasteiger partial charge in [0.25, 0.3) is 0 Å². The minimum atomic E-state index is -0.195. The maximum Gasteiger partial charge on any atom is 0.244 e. The SMILES string of the molecule is COc1cccc(CN(C)CC(=O)N2CC(=O)Nc3ccccc32)c1OC. The number of fused-ring (bicyclic) bond motifs is 1. The number of carbonyl (C=O) groups is 2. The molecular weight excluding hydrogens is 346 g/mol. The molecule has 1 aliphatic heterocycles. The zero-order valence-corrected chi connectivity index (χ0v) is 15.7. The number of hydrogen-bond donors (Lipinski definition) is 1. The van der Waals surface area contributed by atoms with Gasteiger partial charge in [0.05, 0.1) is 32.1 Å². The van der Waals surface area contributed by atoms with Gasteiger partial charge in [0, 0.05) is 12.1 Å². The summed E-state index contributed by atoms with van der Waals surface area (Å²) in [5, 5.41) is 2.79. The predicted molar refractivity (Wildman–Crippen MR) is 103 cm³/mol. The average molecular weight is 369 g/mol. The second kappa shape index (κ2) is 8.09. The molecule has 1 N–H and O–H groups in total. The number of nitrogens with zero attached hydrogens (tertiary/aromatic N) is 2. The Morgan fingerprint density at radius 3 is 2.67 bits per heavy atom. The molecule has 0 atom stereocenters. The molecule has 0 aromatic heterocycles. The summed E-state index contributed by atoms with van der Waals surface area (Å²) in [6.07, 6.45) is 0. The number of nitrogens with one attached hydrogen (secondary N) is 1. The lowest BCUT2D eigenvalue weighted by Crippen LogP contribution is -2.45. The van der Waals surface area contributed by atoms with Gasteiger partial charge in [-0.3, -0.25) is 19.4 Å². The maximum atomic E-state index is 12.8. The first-order chi connectivity index (χ1) is 13.0. The van der Waals surface area contributed by atoms with Crippen molar-refractivity contribution in [1.82, 2.24) is 4.90 Å². The van der Waals surface area contributed by atoms with Gasteiger partial charge in [-0.05, 0) is 25.2 Å². The van der Waals surface area contributed by atoms with E-state index in [4.69, 9.17) is 9.47 Å². The highest BCUT2D eigenvalue weighted by molar-refractivity contribution is 6.10. The van der Waals surface area contributed by atoms with Crippen molar-refractivity contribution in [3.63, 3.8) is 0 Å². The molecule has 0 spiro atoms. The summed E-state index contributed by atoms with van der Waals surface area (Å²) < 4.78 is 10.8. The zero-order valence-electron chi connectivity index (χ0n) is 15.7. The molecule has 0 aliphatic carbocycles. The number of likely N-dealkylation sites (N-methyl/N-ethyl adjacent to an activating group) is 1. The minimum Gasteiger partial charge on any atom is -0.493 e. The van der Waals surface area contributed by atoms with E-state index in [9.17, 15) is 9.59 Å². The van der Waals surface area contributed by atoms with Crippen molar-refractivity contribution in [1.29, 1.82) is 0 Å². The number of anilines is 2. The summed E-state index contributed by atoms with van der Waals surface area (Å²) in [6.45, 7) is 0.696. The fraction of sp³-hybridized carbons (Fsp3) is 0.300. The van der Waals surface area contributed by atoms with Crippen LogP contribution in [0.4, 0.5) is 11.4 Å². The average Bonchev–Trinajstić information content (AvgIpc) is 2.66. The van der Waals surface area contributed by atoms with Gasteiger partial charge in [-0.25, -0.2) is 0 Å². The van der Waals surface area contributed by atoms with Gasteiger partial charge < -0.3 is 14.8 Å². The lowest BCUT2D eigenvalue weighted by molar-refractivity contribution is -0.122. The van der Waals surface area contributed by atoms with Crippen molar-refractivity contribution in [2.24, 2.45) is 0 Å². The van der Waals surface area contributed by atoms with Gasteiger partial charge in [-0.1, -0.05) is 24.3 Å². The van der Waals surface area contributed by atoms with Crippen LogP contribution in [-0.2, 0) is 16.1 Å². The smallest absolute Gasteiger partial charge is 0.244 e. The number of ether oxygens (including phenoxy) is 2. The van der Waals surface area contributed by atoms with E-state index in [1.165, 1.54) is 4.90 Å². The van der Waals surface area contributed by atoms with E-state index in [1.54, 1.807) is 20.3 Å². The van der Waals surface area contributed by atoms with Crippen molar-refractivity contribution in [3.05, 3.63) is 48.0 Å². The fourth-order valence-electron chi connectivity index (χ4n) is 3.20. The van der Waals surface area contributed by atoms with E-state index in [1.807, 2.05) is 48.3 Å². The molecule has 0 saturated heterocycles. The monoisotopic (exact) mass is 369 g/mol. The summed E-state index contributed by atoms with van der Waals surface area (Å²) in [5.74, 6) is 0.971. The third-order valence-electron chi connectivity index (χ3n) is 4.40.